The van der Waals surface area contributed by atoms with Crippen LogP contribution in [0.3, 0.4) is 0 Å². The van der Waals surface area contributed by atoms with E-state index in [1.807, 2.05) is 30.0 Å². The minimum Gasteiger partial charge on any atom is -0.474 e. The molecule has 2 atom stereocenters. The molecule has 26 heavy (non-hydrogen) atoms. The quantitative estimate of drug-likeness (QED) is 0.776. The van der Waals surface area contributed by atoms with Crippen LogP contribution in [-0.2, 0) is 19.1 Å². The molecule has 1 aliphatic carbocycles. The number of esters is 1. The zero-order valence-corrected chi connectivity index (χ0v) is 15.6. The maximum Gasteiger partial charge on any atom is 0.325 e. The Morgan fingerprint density at radius 3 is 2.85 bits per heavy atom. The lowest BCUT2D eigenvalue weighted by molar-refractivity contribution is -0.142. The number of hydrogen-bond acceptors (Lipinski definition) is 5. The van der Waals surface area contributed by atoms with E-state index in [4.69, 9.17) is 9.47 Å². The Labute approximate surface area is 154 Å². The highest BCUT2D eigenvalue weighted by Crippen LogP contribution is 2.52. The van der Waals surface area contributed by atoms with Crippen molar-refractivity contribution in [2.45, 2.75) is 52.2 Å². The lowest BCUT2D eigenvalue weighted by atomic mass is 9.69. The van der Waals surface area contributed by atoms with Crippen molar-refractivity contribution in [3.8, 4) is 0 Å². The molecule has 0 aromatic heterocycles. The molecule has 0 N–H and O–H groups in total. The maximum absolute atomic E-state index is 12.9. The van der Waals surface area contributed by atoms with Gasteiger partial charge in [0.05, 0.1) is 6.61 Å². The van der Waals surface area contributed by atoms with Gasteiger partial charge in [-0.2, -0.15) is 0 Å². The first-order chi connectivity index (χ1) is 12.4. The Bertz CT molecular complexity index is 795. The lowest BCUT2D eigenvalue weighted by Gasteiger charge is -2.48. The third-order valence-corrected chi connectivity index (χ3v) is 5.52. The maximum atomic E-state index is 12.9. The normalized spacial score (nSPS) is 26.0. The molecule has 0 spiro atoms. The number of nitrogens with zero attached hydrogens (tertiary/aromatic N) is 1. The number of ether oxygens (including phenoxy) is 2. The predicted molar refractivity (Wildman–Crippen MR) is 97.7 cm³/mol. The standard InChI is InChI=1S/C21H25NO4/c1-4-25-19(24)12-22-15-8-6-5-7-13(15)14-9-18(22)26-17-11-21(2,3)10-16(23)20(14)17/h5-8,14,18H,4,9-12H2,1-3H3. The first-order valence-electron chi connectivity index (χ1n) is 9.33. The molecular formula is C21H25NO4. The van der Waals surface area contributed by atoms with Crippen LogP contribution < -0.4 is 4.90 Å². The van der Waals surface area contributed by atoms with E-state index in [2.05, 4.69) is 19.9 Å². The number of hydrogen-bond donors (Lipinski definition) is 0. The number of carbonyl (C=O) groups excluding carboxylic acids is 2. The van der Waals surface area contributed by atoms with Gasteiger partial charge in [-0.05, 0) is 24.0 Å². The smallest absolute Gasteiger partial charge is 0.325 e. The Balaban J connectivity index is 1.76. The molecule has 1 aromatic carbocycles. The minimum absolute atomic E-state index is 0.0574. The van der Waals surface area contributed by atoms with Crippen molar-refractivity contribution in [1.82, 2.24) is 0 Å². The molecule has 4 rings (SSSR count). The highest BCUT2D eigenvalue weighted by Gasteiger charge is 2.47. The molecule has 1 aromatic rings. The Hall–Kier alpha value is -2.30. The summed E-state index contributed by atoms with van der Waals surface area (Å²) < 4.78 is 11.4. The van der Waals surface area contributed by atoms with Gasteiger partial charge in [0.1, 0.15) is 12.3 Å². The fourth-order valence-electron chi connectivity index (χ4n) is 4.51. The fourth-order valence-corrected chi connectivity index (χ4v) is 4.51. The van der Waals surface area contributed by atoms with Crippen LogP contribution in [0, 0.1) is 5.41 Å². The molecule has 2 unspecified atom stereocenters. The second kappa shape index (κ2) is 6.15. The Morgan fingerprint density at radius 2 is 2.08 bits per heavy atom. The van der Waals surface area contributed by atoms with Gasteiger partial charge < -0.3 is 14.4 Å². The monoisotopic (exact) mass is 355 g/mol. The van der Waals surface area contributed by atoms with E-state index < -0.39 is 0 Å². The summed E-state index contributed by atoms with van der Waals surface area (Å²) in [5.41, 5.74) is 2.83. The first-order valence-corrected chi connectivity index (χ1v) is 9.33. The Morgan fingerprint density at radius 1 is 1.31 bits per heavy atom. The van der Waals surface area contributed by atoms with Crippen LogP contribution in [0.2, 0.25) is 0 Å². The lowest BCUT2D eigenvalue weighted by Crippen LogP contribution is -2.49. The van der Waals surface area contributed by atoms with Crippen LogP contribution >= 0.6 is 0 Å². The predicted octanol–water partition coefficient (Wildman–Crippen LogP) is 3.54. The van der Waals surface area contributed by atoms with E-state index in [1.165, 1.54) is 0 Å². The van der Waals surface area contributed by atoms with E-state index in [1.54, 1.807) is 0 Å². The molecule has 2 aliphatic heterocycles. The van der Waals surface area contributed by atoms with E-state index in [0.29, 0.717) is 19.4 Å². The van der Waals surface area contributed by atoms with Crippen molar-refractivity contribution in [1.29, 1.82) is 0 Å². The Kier molecular flexibility index (Phi) is 4.05. The summed E-state index contributed by atoms with van der Waals surface area (Å²) in [6.45, 7) is 6.53. The van der Waals surface area contributed by atoms with E-state index in [0.717, 1.165) is 29.0 Å². The molecule has 138 valence electrons. The summed E-state index contributed by atoms with van der Waals surface area (Å²) >= 11 is 0. The number of anilines is 1. The summed E-state index contributed by atoms with van der Waals surface area (Å²) in [5.74, 6) is 0.815. The van der Waals surface area contributed by atoms with Crippen LogP contribution in [0.5, 0.6) is 0 Å². The van der Waals surface area contributed by atoms with Gasteiger partial charge in [0.15, 0.2) is 12.0 Å². The van der Waals surface area contributed by atoms with Crippen LogP contribution in [-0.4, -0.2) is 31.1 Å². The van der Waals surface area contributed by atoms with E-state index in [-0.39, 0.29) is 35.9 Å². The largest absolute Gasteiger partial charge is 0.474 e. The molecule has 2 bridgehead atoms. The van der Waals surface area contributed by atoms with Crippen LogP contribution in [0.15, 0.2) is 35.6 Å². The molecule has 5 heteroatoms. The highest BCUT2D eigenvalue weighted by atomic mass is 16.5. The van der Waals surface area contributed by atoms with Gasteiger partial charge >= 0.3 is 5.97 Å². The summed E-state index contributed by atoms with van der Waals surface area (Å²) in [6.07, 6.45) is 1.78. The number of ketones is 1. The summed E-state index contributed by atoms with van der Waals surface area (Å²) in [7, 11) is 0. The average Bonchev–Trinajstić information content (AvgIpc) is 2.57. The number of allylic oxidation sites excluding steroid dienone is 2. The van der Waals surface area contributed by atoms with Crippen molar-refractivity contribution in [3.05, 3.63) is 41.2 Å². The zero-order valence-electron chi connectivity index (χ0n) is 15.6. The van der Waals surface area contributed by atoms with Crippen molar-refractivity contribution >= 4 is 17.4 Å². The molecule has 5 nitrogen and oxygen atoms in total. The van der Waals surface area contributed by atoms with Gasteiger partial charge in [-0.3, -0.25) is 9.59 Å². The third kappa shape index (κ3) is 2.79. The van der Waals surface area contributed by atoms with Gasteiger partial charge in [0.25, 0.3) is 0 Å². The van der Waals surface area contributed by atoms with Crippen LogP contribution in [0.1, 0.15) is 51.5 Å². The van der Waals surface area contributed by atoms with Gasteiger partial charge in [0, 0.05) is 36.4 Å². The molecule has 0 saturated carbocycles. The second-order valence-corrected chi connectivity index (χ2v) is 8.13. The van der Waals surface area contributed by atoms with Gasteiger partial charge in [-0.1, -0.05) is 32.0 Å². The minimum atomic E-state index is -0.260. The zero-order chi connectivity index (χ0) is 18.5. The molecule has 2 heterocycles. The number of para-hydroxylation sites is 1. The fraction of sp³-hybridized carbons (Fsp3) is 0.524. The van der Waals surface area contributed by atoms with E-state index in [9.17, 15) is 9.59 Å². The van der Waals surface area contributed by atoms with Crippen molar-refractivity contribution in [2.75, 3.05) is 18.1 Å². The summed E-state index contributed by atoms with van der Waals surface area (Å²) in [5, 5.41) is 0. The highest BCUT2D eigenvalue weighted by molar-refractivity contribution is 5.99. The molecule has 0 radical (unpaired) electrons. The summed E-state index contributed by atoms with van der Waals surface area (Å²) in [6, 6.07) is 8.02. The van der Waals surface area contributed by atoms with Gasteiger partial charge in [0.2, 0.25) is 0 Å². The summed E-state index contributed by atoms with van der Waals surface area (Å²) in [4.78, 5) is 27.0. The van der Waals surface area contributed by atoms with Crippen molar-refractivity contribution in [2.24, 2.45) is 5.41 Å². The number of rotatable bonds is 3. The molecule has 0 amide bonds. The van der Waals surface area contributed by atoms with Crippen LogP contribution in [0.4, 0.5) is 5.69 Å². The van der Waals surface area contributed by atoms with E-state index >= 15 is 0 Å². The van der Waals surface area contributed by atoms with Gasteiger partial charge in [-0.25, -0.2) is 0 Å². The molecule has 3 aliphatic rings. The topological polar surface area (TPSA) is 55.8 Å². The molecule has 0 saturated heterocycles. The van der Waals surface area contributed by atoms with Crippen molar-refractivity contribution in [3.63, 3.8) is 0 Å². The molecule has 0 fully saturated rings. The number of fused-ring (bicyclic) bond motifs is 5. The number of Topliss-reactive ketones (excluding diaryl/α,β-unsaturated/α-hetero) is 1. The van der Waals surface area contributed by atoms with Crippen LogP contribution in [0.25, 0.3) is 0 Å². The van der Waals surface area contributed by atoms with Gasteiger partial charge in [-0.15, -0.1) is 0 Å². The average molecular weight is 355 g/mol. The first kappa shape index (κ1) is 17.1. The number of benzene rings is 1. The third-order valence-electron chi connectivity index (χ3n) is 5.52. The SMILES string of the molecule is CCOC(=O)CN1c2ccccc2C2CC1OC1=C2C(=O)CC(C)(C)C1. The molecular weight excluding hydrogens is 330 g/mol. The second-order valence-electron chi connectivity index (χ2n) is 8.13. The number of carbonyl (C=O) groups is 2. The van der Waals surface area contributed by atoms with Crippen molar-refractivity contribution < 1.29 is 19.1 Å².